The lowest BCUT2D eigenvalue weighted by atomic mass is 10.3. The molecule has 3 aromatic rings. The zero-order valence-electron chi connectivity index (χ0n) is 12.4. The number of phenolic OH excluding ortho intramolecular Hbond substituents is 1. The molecule has 0 saturated carbocycles. The van der Waals surface area contributed by atoms with Crippen molar-refractivity contribution >= 4 is 34.6 Å². The highest BCUT2D eigenvalue weighted by Crippen LogP contribution is 2.37. The third kappa shape index (κ3) is 4.04. The highest BCUT2D eigenvalue weighted by molar-refractivity contribution is 6.36. The van der Waals surface area contributed by atoms with E-state index in [0.717, 1.165) is 5.75 Å². The lowest BCUT2D eigenvalue weighted by molar-refractivity contribution is 0.476. The molecule has 0 bridgehead atoms. The molecule has 1 N–H and O–H groups in total. The van der Waals surface area contributed by atoms with Crippen molar-refractivity contribution in [1.82, 2.24) is 0 Å². The van der Waals surface area contributed by atoms with E-state index >= 15 is 0 Å². The van der Waals surface area contributed by atoms with Gasteiger partial charge in [-0.1, -0.05) is 41.4 Å². The van der Waals surface area contributed by atoms with Crippen LogP contribution in [-0.4, -0.2) is 5.11 Å². The van der Waals surface area contributed by atoms with E-state index in [2.05, 4.69) is 10.2 Å². The maximum atomic E-state index is 9.84. The fraction of sp³-hybridized carbons (Fsp3) is 0. The molecule has 4 nitrogen and oxygen atoms in total. The van der Waals surface area contributed by atoms with Crippen LogP contribution in [0.5, 0.6) is 17.2 Å². The lowest BCUT2D eigenvalue weighted by Gasteiger charge is -2.05. The molecule has 0 aliphatic rings. The Hall–Kier alpha value is -2.56. The molecular weight excluding hydrogens is 347 g/mol. The summed E-state index contributed by atoms with van der Waals surface area (Å²) in [6.45, 7) is 0. The van der Waals surface area contributed by atoms with Gasteiger partial charge in [0.1, 0.15) is 17.2 Å². The van der Waals surface area contributed by atoms with Crippen molar-refractivity contribution < 1.29 is 9.84 Å². The van der Waals surface area contributed by atoms with Gasteiger partial charge in [0.25, 0.3) is 0 Å². The van der Waals surface area contributed by atoms with Crippen molar-refractivity contribution in [2.24, 2.45) is 10.2 Å². The second-order valence-corrected chi connectivity index (χ2v) is 5.71. The van der Waals surface area contributed by atoms with Gasteiger partial charge in [0.2, 0.25) is 0 Å². The van der Waals surface area contributed by atoms with Gasteiger partial charge in [-0.2, -0.15) is 5.11 Å². The minimum Gasteiger partial charge on any atom is -0.504 e. The summed E-state index contributed by atoms with van der Waals surface area (Å²) in [6, 6.07) is 19.5. The predicted octanol–water partition coefficient (Wildman–Crippen LogP) is 6.91. The largest absolute Gasteiger partial charge is 0.504 e. The number of nitrogens with zero attached hydrogens (tertiary/aromatic N) is 2. The van der Waals surface area contributed by atoms with Crippen LogP contribution in [0.1, 0.15) is 0 Å². The van der Waals surface area contributed by atoms with E-state index in [1.807, 2.05) is 30.3 Å². The summed E-state index contributed by atoms with van der Waals surface area (Å²) >= 11 is 11.7. The van der Waals surface area contributed by atoms with Crippen molar-refractivity contribution in [3.05, 3.63) is 76.8 Å². The second-order valence-electron chi connectivity index (χ2n) is 4.86. The average molecular weight is 359 g/mol. The highest BCUT2D eigenvalue weighted by atomic mass is 35.5. The smallest absolute Gasteiger partial charge is 0.161 e. The van der Waals surface area contributed by atoms with Gasteiger partial charge in [0, 0.05) is 5.02 Å². The maximum absolute atomic E-state index is 9.84. The van der Waals surface area contributed by atoms with E-state index in [1.54, 1.807) is 24.3 Å². The van der Waals surface area contributed by atoms with Crippen molar-refractivity contribution in [2.75, 3.05) is 0 Å². The van der Waals surface area contributed by atoms with Gasteiger partial charge in [-0.25, -0.2) is 0 Å². The number of para-hydroxylation sites is 1. The number of benzene rings is 3. The summed E-state index contributed by atoms with van der Waals surface area (Å²) in [5.41, 5.74) is 0.808. The normalized spacial score (nSPS) is 10.9. The number of rotatable bonds is 4. The summed E-state index contributed by atoms with van der Waals surface area (Å²) in [4.78, 5) is 0. The number of hydrogen-bond donors (Lipinski definition) is 1. The Morgan fingerprint density at radius 2 is 1.46 bits per heavy atom. The molecule has 3 aromatic carbocycles. The molecule has 0 aromatic heterocycles. The second kappa shape index (κ2) is 7.34. The quantitative estimate of drug-likeness (QED) is 0.515. The molecule has 6 heteroatoms. The van der Waals surface area contributed by atoms with Crippen molar-refractivity contribution in [1.29, 1.82) is 0 Å². The molecule has 0 heterocycles. The van der Waals surface area contributed by atoms with Crippen LogP contribution in [0.2, 0.25) is 10.0 Å². The molecule has 0 radical (unpaired) electrons. The number of ether oxygens (including phenoxy) is 1. The van der Waals surface area contributed by atoms with Gasteiger partial charge >= 0.3 is 0 Å². The molecule has 0 aliphatic carbocycles. The molecule has 0 amide bonds. The summed E-state index contributed by atoms with van der Waals surface area (Å²) in [7, 11) is 0. The van der Waals surface area contributed by atoms with Gasteiger partial charge in [-0.3, -0.25) is 0 Å². The van der Waals surface area contributed by atoms with E-state index in [-0.39, 0.29) is 16.5 Å². The summed E-state index contributed by atoms with van der Waals surface area (Å²) in [5.74, 6) is 1.29. The first-order valence-corrected chi connectivity index (χ1v) is 7.80. The van der Waals surface area contributed by atoms with Gasteiger partial charge in [-0.05, 0) is 48.5 Å². The Bertz CT molecular complexity index is 866. The van der Waals surface area contributed by atoms with Crippen LogP contribution in [0.3, 0.4) is 0 Å². The van der Waals surface area contributed by atoms with Crippen LogP contribution in [0.25, 0.3) is 0 Å². The van der Waals surface area contributed by atoms with E-state index < -0.39 is 0 Å². The average Bonchev–Trinajstić information content (AvgIpc) is 2.59. The third-order valence-electron chi connectivity index (χ3n) is 3.10. The predicted molar refractivity (Wildman–Crippen MR) is 95.3 cm³/mol. The first-order chi connectivity index (χ1) is 11.6. The zero-order valence-corrected chi connectivity index (χ0v) is 13.9. The van der Waals surface area contributed by atoms with E-state index in [4.69, 9.17) is 27.9 Å². The van der Waals surface area contributed by atoms with E-state index in [0.29, 0.717) is 16.5 Å². The SMILES string of the molecule is Oc1c(Cl)cc(Cl)cc1N=Nc1ccc(Oc2ccccc2)cc1. The van der Waals surface area contributed by atoms with Crippen LogP contribution in [0.4, 0.5) is 11.4 Å². The first kappa shape index (κ1) is 16.3. The lowest BCUT2D eigenvalue weighted by Crippen LogP contribution is -1.82. The van der Waals surface area contributed by atoms with Gasteiger partial charge in [0.05, 0.1) is 10.7 Å². The number of halogens is 2. The minimum atomic E-state index is -0.158. The summed E-state index contributed by atoms with van der Waals surface area (Å²) < 4.78 is 5.70. The van der Waals surface area contributed by atoms with Crippen molar-refractivity contribution in [3.63, 3.8) is 0 Å². The molecule has 0 saturated heterocycles. The van der Waals surface area contributed by atoms with Crippen LogP contribution in [0.15, 0.2) is 77.0 Å². The Kier molecular flexibility index (Phi) is 4.99. The Morgan fingerprint density at radius 3 is 2.17 bits per heavy atom. The summed E-state index contributed by atoms with van der Waals surface area (Å²) in [6.07, 6.45) is 0. The summed E-state index contributed by atoms with van der Waals surface area (Å²) in [5, 5.41) is 18.4. The molecule has 3 rings (SSSR count). The van der Waals surface area contributed by atoms with Crippen LogP contribution >= 0.6 is 23.2 Å². The molecule has 0 unspecified atom stereocenters. The van der Waals surface area contributed by atoms with E-state index in [9.17, 15) is 5.11 Å². The first-order valence-electron chi connectivity index (χ1n) is 7.04. The number of aromatic hydroxyl groups is 1. The topological polar surface area (TPSA) is 54.2 Å². The monoisotopic (exact) mass is 358 g/mol. The van der Waals surface area contributed by atoms with Gasteiger partial charge in [-0.15, -0.1) is 5.11 Å². The highest BCUT2D eigenvalue weighted by Gasteiger charge is 2.07. The van der Waals surface area contributed by atoms with Gasteiger partial charge < -0.3 is 9.84 Å². The van der Waals surface area contributed by atoms with E-state index in [1.165, 1.54) is 12.1 Å². The van der Waals surface area contributed by atoms with Crippen molar-refractivity contribution in [2.45, 2.75) is 0 Å². The molecule has 0 fully saturated rings. The Morgan fingerprint density at radius 1 is 0.792 bits per heavy atom. The molecule has 120 valence electrons. The molecule has 0 atom stereocenters. The third-order valence-corrected chi connectivity index (χ3v) is 3.60. The zero-order chi connectivity index (χ0) is 16.9. The van der Waals surface area contributed by atoms with Gasteiger partial charge in [0.15, 0.2) is 5.75 Å². The van der Waals surface area contributed by atoms with Crippen molar-refractivity contribution in [3.8, 4) is 17.2 Å². The fourth-order valence-electron chi connectivity index (χ4n) is 1.95. The Labute approximate surface area is 149 Å². The molecular formula is C18H12Cl2N2O2. The molecule has 0 spiro atoms. The number of phenols is 1. The standard InChI is InChI=1S/C18H12Cl2N2O2/c19-12-10-16(20)18(23)17(11-12)22-21-13-6-8-15(9-7-13)24-14-4-2-1-3-5-14/h1-11,23H. The number of azo groups is 1. The van der Waals surface area contributed by atoms with Crippen LogP contribution < -0.4 is 4.74 Å². The Balaban J connectivity index is 1.75. The minimum absolute atomic E-state index is 0.128. The molecule has 24 heavy (non-hydrogen) atoms. The maximum Gasteiger partial charge on any atom is 0.161 e. The molecule has 0 aliphatic heterocycles. The fourth-order valence-corrected chi connectivity index (χ4v) is 2.43. The number of hydrogen-bond acceptors (Lipinski definition) is 4. The van der Waals surface area contributed by atoms with Crippen LogP contribution in [0, 0.1) is 0 Å². The van der Waals surface area contributed by atoms with Crippen LogP contribution in [-0.2, 0) is 0 Å².